The Kier molecular flexibility index (Phi) is 5.23. The van der Waals surface area contributed by atoms with Gasteiger partial charge in [0.05, 0.1) is 6.54 Å². The van der Waals surface area contributed by atoms with Crippen LogP contribution in [0.3, 0.4) is 0 Å². The van der Waals surface area contributed by atoms with Crippen LogP contribution in [-0.2, 0) is 4.79 Å². The van der Waals surface area contributed by atoms with E-state index in [2.05, 4.69) is 15.8 Å². The summed E-state index contributed by atoms with van der Waals surface area (Å²) in [4.78, 5) is 23.1. The molecule has 0 aliphatic rings. The number of hydrogen-bond donors (Lipinski definition) is 3. The van der Waals surface area contributed by atoms with Crippen LogP contribution in [0.5, 0.6) is 0 Å². The van der Waals surface area contributed by atoms with Gasteiger partial charge in [-0.15, -0.1) is 0 Å². The molecule has 0 unspecified atom stereocenters. The standard InChI is InChI=1S/C15H16ClN3O4/c1-8(2)18-11(20)7-17-14-12(15(21)22)13(23-19-14)9-3-5-10(16)6-4-9/h3-6,8H,7H2,1-2H3,(H,17,19)(H,18,20)(H,21,22). The summed E-state index contributed by atoms with van der Waals surface area (Å²) in [6, 6.07) is 6.49. The minimum atomic E-state index is -1.21. The van der Waals surface area contributed by atoms with Crippen LogP contribution in [0.1, 0.15) is 24.2 Å². The first-order valence-corrected chi connectivity index (χ1v) is 7.28. The summed E-state index contributed by atoms with van der Waals surface area (Å²) in [5, 5.41) is 19.0. The van der Waals surface area contributed by atoms with Crippen molar-refractivity contribution < 1.29 is 19.2 Å². The number of carboxylic acids is 1. The van der Waals surface area contributed by atoms with Crippen molar-refractivity contribution in [2.45, 2.75) is 19.9 Å². The number of amides is 1. The van der Waals surface area contributed by atoms with Gasteiger partial charge in [-0.1, -0.05) is 16.8 Å². The molecule has 0 saturated carbocycles. The predicted octanol–water partition coefficient (Wildman–Crippen LogP) is 2.63. The number of aromatic nitrogens is 1. The normalized spacial score (nSPS) is 10.6. The highest BCUT2D eigenvalue weighted by atomic mass is 35.5. The SMILES string of the molecule is CC(C)NC(=O)CNc1noc(-c2ccc(Cl)cc2)c1C(=O)O. The van der Waals surface area contributed by atoms with Gasteiger partial charge in [0.1, 0.15) is 0 Å². The van der Waals surface area contributed by atoms with Crippen molar-refractivity contribution in [2.75, 3.05) is 11.9 Å². The van der Waals surface area contributed by atoms with E-state index in [0.29, 0.717) is 10.6 Å². The molecule has 0 aliphatic carbocycles. The number of anilines is 1. The minimum absolute atomic E-state index is 0.00126. The Morgan fingerprint density at radius 1 is 1.30 bits per heavy atom. The lowest BCUT2D eigenvalue weighted by Gasteiger charge is -2.08. The lowest BCUT2D eigenvalue weighted by atomic mass is 10.1. The van der Waals surface area contributed by atoms with Crippen molar-refractivity contribution in [2.24, 2.45) is 0 Å². The highest BCUT2D eigenvalue weighted by molar-refractivity contribution is 6.30. The Hall–Kier alpha value is -2.54. The van der Waals surface area contributed by atoms with Gasteiger partial charge in [-0.2, -0.15) is 0 Å². The number of carboxylic acid groups (broad SMARTS) is 1. The molecule has 2 aromatic rings. The summed E-state index contributed by atoms with van der Waals surface area (Å²) >= 11 is 5.81. The molecule has 1 aromatic carbocycles. The van der Waals surface area contributed by atoms with E-state index < -0.39 is 5.97 Å². The number of carbonyl (C=O) groups is 2. The van der Waals surface area contributed by atoms with Gasteiger partial charge in [0, 0.05) is 16.6 Å². The Morgan fingerprint density at radius 3 is 2.52 bits per heavy atom. The van der Waals surface area contributed by atoms with Crippen LogP contribution in [0.4, 0.5) is 5.82 Å². The summed E-state index contributed by atoms with van der Waals surface area (Å²) in [7, 11) is 0. The zero-order valence-corrected chi connectivity index (χ0v) is 13.3. The number of aromatic carboxylic acids is 1. The van der Waals surface area contributed by atoms with Gasteiger partial charge >= 0.3 is 5.97 Å². The van der Waals surface area contributed by atoms with Gasteiger partial charge in [-0.3, -0.25) is 4.79 Å². The maximum absolute atomic E-state index is 11.6. The third-order valence-corrected chi connectivity index (χ3v) is 3.13. The highest BCUT2D eigenvalue weighted by Gasteiger charge is 2.24. The number of hydrogen-bond acceptors (Lipinski definition) is 5. The molecule has 122 valence electrons. The molecule has 1 aromatic heterocycles. The summed E-state index contributed by atoms with van der Waals surface area (Å²) in [6.45, 7) is 3.55. The molecular formula is C15H16ClN3O4. The van der Waals surface area contributed by atoms with E-state index in [1.54, 1.807) is 24.3 Å². The first-order chi connectivity index (χ1) is 10.9. The lowest BCUT2D eigenvalue weighted by molar-refractivity contribution is -0.119. The number of halogens is 1. The summed E-state index contributed by atoms with van der Waals surface area (Å²) in [6.07, 6.45) is 0. The van der Waals surface area contributed by atoms with Gasteiger partial charge in [0.2, 0.25) is 5.91 Å². The van der Waals surface area contributed by atoms with Crippen LogP contribution in [0.25, 0.3) is 11.3 Å². The van der Waals surface area contributed by atoms with Crippen LogP contribution in [0, 0.1) is 0 Å². The van der Waals surface area contributed by atoms with Crippen LogP contribution < -0.4 is 10.6 Å². The van der Waals surface area contributed by atoms with E-state index in [4.69, 9.17) is 16.1 Å². The molecule has 23 heavy (non-hydrogen) atoms. The van der Waals surface area contributed by atoms with Crippen LogP contribution in [0.2, 0.25) is 5.02 Å². The molecule has 1 amide bonds. The van der Waals surface area contributed by atoms with E-state index in [0.717, 1.165) is 0 Å². The Morgan fingerprint density at radius 2 is 1.96 bits per heavy atom. The molecule has 0 aliphatic heterocycles. The molecule has 0 spiro atoms. The van der Waals surface area contributed by atoms with E-state index in [1.165, 1.54) is 0 Å². The molecule has 0 radical (unpaired) electrons. The average Bonchev–Trinajstić information content (AvgIpc) is 2.89. The molecule has 3 N–H and O–H groups in total. The first kappa shape index (κ1) is 16.8. The van der Waals surface area contributed by atoms with Crippen molar-refractivity contribution in [3.8, 4) is 11.3 Å². The second-order valence-electron chi connectivity index (χ2n) is 5.12. The van der Waals surface area contributed by atoms with Gasteiger partial charge in [0.25, 0.3) is 0 Å². The third-order valence-electron chi connectivity index (χ3n) is 2.88. The summed E-state index contributed by atoms with van der Waals surface area (Å²) < 4.78 is 5.13. The zero-order valence-electron chi connectivity index (χ0n) is 12.6. The van der Waals surface area contributed by atoms with Gasteiger partial charge < -0.3 is 20.3 Å². The third kappa shape index (κ3) is 4.23. The molecular weight excluding hydrogens is 322 g/mol. The van der Waals surface area contributed by atoms with Gasteiger partial charge in [-0.25, -0.2) is 4.79 Å². The van der Waals surface area contributed by atoms with Crippen molar-refractivity contribution in [1.82, 2.24) is 10.5 Å². The number of nitrogens with one attached hydrogen (secondary N) is 2. The van der Waals surface area contributed by atoms with E-state index >= 15 is 0 Å². The average molecular weight is 338 g/mol. The summed E-state index contributed by atoms with van der Waals surface area (Å²) in [5.41, 5.74) is 0.392. The second-order valence-corrected chi connectivity index (χ2v) is 5.56. The summed E-state index contributed by atoms with van der Waals surface area (Å²) in [5.74, 6) is -1.38. The smallest absolute Gasteiger partial charge is 0.343 e. The Bertz CT molecular complexity index is 710. The molecule has 1 heterocycles. The number of rotatable bonds is 6. The molecule has 8 heteroatoms. The van der Waals surface area contributed by atoms with Crippen LogP contribution in [-0.4, -0.2) is 34.7 Å². The number of carbonyl (C=O) groups excluding carboxylic acids is 1. The first-order valence-electron chi connectivity index (χ1n) is 6.90. The number of nitrogens with zero attached hydrogens (tertiary/aromatic N) is 1. The molecule has 0 bridgehead atoms. The predicted molar refractivity (Wildman–Crippen MR) is 85.7 cm³/mol. The largest absolute Gasteiger partial charge is 0.477 e. The Balaban J connectivity index is 2.23. The lowest BCUT2D eigenvalue weighted by Crippen LogP contribution is -2.35. The van der Waals surface area contributed by atoms with E-state index in [1.807, 2.05) is 13.8 Å². The zero-order chi connectivity index (χ0) is 17.0. The second kappa shape index (κ2) is 7.15. The van der Waals surface area contributed by atoms with Crippen molar-refractivity contribution in [1.29, 1.82) is 0 Å². The maximum atomic E-state index is 11.6. The molecule has 0 atom stereocenters. The van der Waals surface area contributed by atoms with Crippen LogP contribution >= 0.6 is 11.6 Å². The fraction of sp³-hybridized carbons (Fsp3) is 0.267. The quantitative estimate of drug-likeness (QED) is 0.748. The van der Waals surface area contributed by atoms with Gasteiger partial charge in [0.15, 0.2) is 17.1 Å². The van der Waals surface area contributed by atoms with Crippen molar-refractivity contribution in [3.63, 3.8) is 0 Å². The molecule has 2 rings (SSSR count). The highest BCUT2D eigenvalue weighted by Crippen LogP contribution is 2.30. The molecule has 0 fully saturated rings. The fourth-order valence-corrected chi connectivity index (χ4v) is 2.07. The van der Waals surface area contributed by atoms with Crippen molar-refractivity contribution in [3.05, 3.63) is 34.9 Å². The van der Waals surface area contributed by atoms with E-state index in [9.17, 15) is 14.7 Å². The fourth-order valence-electron chi connectivity index (χ4n) is 1.94. The monoisotopic (exact) mass is 337 g/mol. The van der Waals surface area contributed by atoms with Crippen molar-refractivity contribution >= 4 is 29.3 Å². The molecule has 7 nitrogen and oxygen atoms in total. The van der Waals surface area contributed by atoms with E-state index in [-0.39, 0.29) is 35.6 Å². The number of benzene rings is 1. The Labute approximate surface area is 137 Å². The van der Waals surface area contributed by atoms with Gasteiger partial charge in [-0.05, 0) is 38.1 Å². The molecule has 0 saturated heterocycles. The minimum Gasteiger partial charge on any atom is -0.477 e. The topological polar surface area (TPSA) is 104 Å². The van der Waals surface area contributed by atoms with Crippen LogP contribution in [0.15, 0.2) is 28.8 Å². The maximum Gasteiger partial charge on any atom is 0.343 e.